The first-order valence-electron chi connectivity index (χ1n) is 8.49. The maximum atomic E-state index is 14.5. The van der Waals surface area contributed by atoms with Crippen LogP contribution in [-0.2, 0) is 9.57 Å². The molecule has 4 rings (SSSR count). The van der Waals surface area contributed by atoms with E-state index >= 15 is 0 Å². The third kappa shape index (κ3) is 2.99. The van der Waals surface area contributed by atoms with E-state index in [2.05, 4.69) is 0 Å². The maximum Gasteiger partial charge on any atom is 0.364 e. The lowest BCUT2D eigenvalue weighted by Gasteiger charge is -2.29. The third-order valence-electron chi connectivity index (χ3n) is 4.51. The first-order chi connectivity index (χ1) is 13.5. The zero-order valence-corrected chi connectivity index (χ0v) is 14.5. The van der Waals surface area contributed by atoms with Crippen molar-refractivity contribution in [1.29, 1.82) is 0 Å². The number of carbonyl (C=O) groups is 3. The minimum atomic E-state index is -1.22. The van der Waals surface area contributed by atoms with Crippen LogP contribution in [0, 0.1) is 11.6 Å². The van der Waals surface area contributed by atoms with Gasteiger partial charge in [-0.25, -0.2) is 13.6 Å². The molecule has 0 saturated carbocycles. The van der Waals surface area contributed by atoms with Crippen molar-refractivity contribution in [3.8, 4) is 0 Å². The lowest BCUT2D eigenvalue weighted by molar-refractivity contribution is -0.0585. The highest BCUT2D eigenvalue weighted by Crippen LogP contribution is 2.27. The van der Waals surface area contributed by atoms with E-state index in [0.29, 0.717) is 31.4 Å². The van der Waals surface area contributed by atoms with Gasteiger partial charge in [-0.15, -0.1) is 0 Å². The predicted octanol–water partition coefficient (Wildman–Crippen LogP) is 2.17. The fraction of sp³-hybridized carbons (Fsp3) is 0.211. The van der Waals surface area contributed by atoms with Crippen LogP contribution in [0.4, 0.5) is 14.5 Å². The van der Waals surface area contributed by atoms with Crippen LogP contribution in [0.2, 0.25) is 0 Å². The molecule has 0 atom stereocenters. The van der Waals surface area contributed by atoms with E-state index < -0.39 is 35.0 Å². The summed E-state index contributed by atoms with van der Waals surface area (Å²) in [5, 5.41) is 0.290. The van der Waals surface area contributed by atoms with Crippen LogP contribution in [0.15, 0.2) is 36.4 Å². The van der Waals surface area contributed by atoms with Crippen LogP contribution < -0.4 is 4.90 Å². The largest absolute Gasteiger partial charge is 0.378 e. The molecule has 1 saturated heterocycles. The van der Waals surface area contributed by atoms with E-state index in [1.54, 1.807) is 12.1 Å². The van der Waals surface area contributed by atoms with Crippen LogP contribution in [0.3, 0.4) is 0 Å². The Hall–Kier alpha value is -3.33. The van der Waals surface area contributed by atoms with Crippen LogP contribution in [0.25, 0.3) is 0 Å². The number of amides is 2. The lowest BCUT2D eigenvalue weighted by Crippen LogP contribution is -2.37. The summed E-state index contributed by atoms with van der Waals surface area (Å²) < 4.78 is 34.1. The number of carbonyl (C=O) groups excluding carboxylic acids is 3. The number of fused-ring (bicyclic) bond motifs is 1. The van der Waals surface area contributed by atoms with Crippen molar-refractivity contribution in [2.24, 2.45) is 0 Å². The Morgan fingerprint density at radius 1 is 0.964 bits per heavy atom. The molecule has 7 nitrogen and oxygen atoms in total. The van der Waals surface area contributed by atoms with Crippen molar-refractivity contribution >= 4 is 23.5 Å². The molecule has 0 radical (unpaired) electrons. The number of hydrogen-bond donors (Lipinski definition) is 0. The summed E-state index contributed by atoms with van der Waals surface area (Å²) in [7, 11) is 0. The Balaban J connectivity index is 1.56. The molecule has 0 spiro atoms. The molecule has 2 aliphatic heterocycles. The summed E-state index contributed by atoms with van der Waals surface area (Å²) in [6.07, 6.45) is 0. The minimum Gasteiger partial charge on any atom is -0.378 e. The van der Waals surface area contributed by atoms with Crippen molar-refractivity contribution in [1.82, 2.24) is 5.06 Å². The number of anilines is 1. The van der Waals surface area contributed by atoms with Crippen LogP contribution >= 0.6 is 0 Å². The molecule has 144 valence electrons. The molecule has 0 N–H and O–H groups in total. The number of benzene rings is 2. The molecule has 2 amide bonds. The second-order valence-electron chi connectivity index (χ2n) is 6.22. The van der Waals surface area contributed by atoms with E-state index in [0.717, 1.165) is 12.1 Å². The Morgan fingerprint density at radius 3 is 2.04 bits per heavy atom. The van der Waals surface area contributed by atoms with E-state index in [1.807, 2.05) is 0 Å². The molecule has 0 bridgehead atoms. The number of halogens is 2. The SMILES string of the molecule is O=C(ON1C(=O)c2ccccc2C1=O)c1cc(F)c(N2CCOCC2)c(F)c1. The summed E-state index contributed by atoms with van der Waals surface area (Å²) in [6.45, 7) is 1.30. The van der Waals surface area contributed by atoms with Gasteiger partial charge in [-0.05, 0) is 24.3 Å². The van der Waals surface area contributed by atoms with Gasteiger partial charge in [-0.3, -0.25) is 9.59 Å². The normalized spacial score (nSPS) is 16.4. The molecule has 28 heavy (non-hydrogen) atoms. The third-order valence-corrected chi connectivity index (χ3v) is 4.51. The Kier molecular flexibility index (Phi) is 4.52. The van der Waals surface area contributed by atoms with Gasteiger partial charge in [0.2, 0.25) is 0 Å². The highest BCUT2D eigenvalue weighted by Gasteiger charge is 2.39. The number of ether oxygens (including phenoxy) is 1. The van der Waals surface area contributed by atoms with Gasteiger partial charge in [0.25, 0.3) is 11.8 Å². The van der Waals surface area contributed by atoms with E-state index in [-0.39, 0.29) is 16.8 Å². The highest BCUT2D eigenvalue weighted by atomic mass is 19.1. The zero-order valence-electron chi connectivity index (χ0n) is 14.5. The number of hydrogen-bond acceptors (Lipinski definition) is 6. The number of morpholine rings is 1. The van der Waals surface area contributed by atoms with Crippen molar-refractivity contribution in [3.05, 3.63) is 64.7 Å². The summed E-state index contributed by atoms with van der Waals surface area (Å²) in [5.41, 5.74) is -0.551. The van der Waals surface area contributed by atoms with Gasteiger partial charge in [-0.1, -0.05) is 17.2 Å². The number of imide groups is 1. The van der Waals surface area contributed by atoms with Crippen LogP contribution in [0.5, 0.6) is 0 Å². The zero-order chi connectivity index (χ0) is 19.8. The van der Waals surface area contributed by atoms with Crippen LogP contribution in [-0.4, -0.2) is 49.2 Å². The Labute approximate surface area is 158 Å². The topological polar surface area (TPSA) is 76.2 Å². The number of rotatable bonds is 3. The summed E-state index contributed by atoms with van der Waals surface area (Å²) in [4.78, 5) is 43.1. The van der Waals surface area contributed by atoms with Crippen molar-refractivity contribution in [2.75, 3.05) is 31.2 Å². The molecule has 0 unspecified atom stereocenters. The highest BCUT2D eigenvalue weighted by molar-refractivity contribution is 6.21. The molecule has 0 aliphatic carbocycles. The first-order valence-corrected chi connectivity index (χ1v) is 8.49. The molecule has 1 fully saturated rings. The fourth-order valence-corrected chi connectivity index (χ4v) is 3.16. The van der Waals surface area contributed by atoms with Gasteiger partial charge in [0.1, 0.15) is 17.3 Å². The first kappa shape index (κ1) is 18.1. The molecule has 2 aromatic rings. The quantitative estimate of drug-likeness (QED) is 0.751. The summed E-state index contributed by atoms with van der Waals surface area (Å²) in [6, 6.07) is 7.58. The second-order valence-corrected chi connectivity index (χ2v) is 6.22. The summed E-state index contributed by atoms with van der Waals surface area (Å²) in [5.74, 6) is -4.76. The molecule has 2 heterocycles. The second kappa shape index (κ2) is 7.01. The van der Waals surface area contributed by atoms with E-state index in [4.69, 9.17) is 9.57 Å². The Morgan fingerprint density at radius 2 is 1.50 bits per heavy atom. The molecule has 9 heteroatoms. The molecule has 2 aliphatic rings. The van der Waals surface area contributed by atoms with Crippen LogP contribution in [0.1, 0.15) is 31.1 Å². The van der Waals surface area contributed by atoms with Gasteiger partial charge in [-0.2, -0.15) is 0 Å². The van der Waals surface area contributed by atoms with Gasteiger partial charge in [0.15, 0.2) is 0 Å². The van der Waals surface area contributed by atoms with Crippen molar-refractivity contribution in [2.45, 2.75) is 0 Å². The van der Waals surface area contributed by atoms with Gasteiger partial charge in [0.05, 0.1) is 29.9 Å². The predicted molar refractivity (Wildman–Crippen MR) is 91.7 cm³/mol. The smallest absolute Gasteiger partial charge is 0.364 e. The van der Waals surface area contributed by atoms with Gasteiger partial charge < -0.3 is 14.5 Å². The van der Waals surface area contributed by atoms with Gasteiger partial charge in [0, 0.05) is 13.1 Å². The van der Waals surface area contributed by atoms with E-state index in [9.17, 15) is 23.2 Å². The number of nitrogens with zero attached hydrogens (tertiary/aromatic N) is 2. The number of hydroxylamine groups is 2. The molecular formula is C19H14F2N2O5. The average molecular weight is 388 g/mol. The molecule has 0 aromatic heterocycles. The van der Waals surface area contributed by atoms with Crippen molar-refractivity contribution < 1.29 is 32.7 Å². The maximum absolute atomic E-state index is 14.5. The van der Waals surface area contributed by atoms with Gasteiger partial charge >= 0.3 is 5.97 Å². The molecular weight excluding hydrogens is 374 g/mol. The molecule has 2 aromatic carbocycles. The minimum absolute atomic E-state index is 0.0836. The standard InChI is InChI=1S/C19H14F2N2O5/c20-14-9-11(10-15(21)16(14)22-5-7-27-8-6-22)19(26)28-23-17(24)12-3-1-2-4-13(12)18(23)25/h1-4,9-10H,5-8H2. The average Bonchev–Trinajstić information content (AvgIpc) is 2.93. The Bertz CT molecular complexity index is 930. The fourth-order valence-electron chi connectivity index (χ4n) is 3.16. The monoisotopic (exact) mass is 388 g/mol. The summed E-state index contributed by atoms with van der Waals surface area (Å²) >= 11 is 0. The van der Waals surface area contributed by atoms with Crippen molar-refractivity contribution in [3.63, 3.8) is 0 Å². The lowest BCUT2D eigenvalue weighted by atomic mass is 10.1. The van der Waals surface area contributed by atoms with E-state index in [1.165, 1.54) is 17.0 Å².